The Morgan fingerprint density at radius 2 is 2.20 bits per heavy atom. The highest BCUT2D eigenvalue weighted by atomic mass is 79.9. The van der Waals surface area contributed by atoms with Gasteiger partial charge in [-0.25, -0.2) is 4.98 Å². The second-order valence-corrected chi connectivity index (χ2v) is 6.07. The Labute approximate surface area is 109 Å². The lowest BCUT2D eigenvalue weighted by molar-refractivity contribution is 1.07. The number of fused-ring (bicyclic) bond motifs is 1. The van der Waals surface area contributed by atoms with Crippen LogP contribution in [0.2, 0.25) is 0 Å². The number of H-pyrrole nitrogens is 1. The van der Waals surface area contributed by atoms with Crippen molar-refractivity contribution in [1.82, 2.24) is 9.97 Å². The van der Waals surface area contributed by atoms with Gasteiger partial charge in [-0.3, -0.25) is 0 Å². The number of hydrogen-bond acceptors (Lipinski definition) is 2. The number of hydrogen-bond donors (Lipinski definition) is 1. The molecule has 0 fully saturated rings. The van der Waals surface area contributed by atoms with Gasteiger partial charge >= 0.3 is 0 Å². The molecule has 2 aromatic rings. The molecule has 2 rings (SSSR count). The molecule has 1 aromatic carbocycles. The first kappa shape index (κ1) is 11.5. The Hall–Kier alpha value is 0.000000000000000167. The van der Waals surface area contributed by atoms with E-state index in [0.29, 0.717) is 4.83 Å². The third kappa shape index (κ3) is 2.98. The minimum atomic E-state index is 0.482. The largest absolute Gasteiger partial charge is 0.333 e. The molecule has 0 saturated heterocycles. The van der Waals surface area contributed by atoms with E-state index >= 15 is 0 Å². The van der Waals surface area contributed by atoms with Crippen LogP contribution in [-0.2, 0) is 0 Å². The van der Waals surface area contributed by atoms with E-state index < -0.39 is 0 Å². The molecule has 0 spiro atoms. The van der Waals surface area contributed by atoms with Crippen molar-refractivity contribution >= 4 is 54.7 Å². The van der Waals surface area contributed by atoms with Crippen molar-refractivity contribution in [2.24, 2.45) is 0 Å². The summed E-state index contributed by atoms with van der Waals surface area (Å²) in [7, 11) is 0. The summed E-state index contributed by atoms with van der Waals surface area (Å²) in [5, 5.41) is 1.95. The van der Waals surface area contributed by atoms with Gasteiger partial charge in [-0.1, -0.05) is 55.8 Å². The zero-order valence-electron chi connectivity index (χ0n) is 7.91. The fourth-order valence-electron chi connectivity index (χ4n) is 1.21. The summed E-state index contributed by atoms with van der Waals surface area (Å²) in [5.74, 6) is 1.01. The predicted octanol–water partition coefficient (Wildman–Crippen LogP) is 3.81. The van der Waals surface area contributed by atoms with Crippen LogP contribution in [0.5, 0.6) is 0 Å². The van der Waals surface area contributed by atoms with Crippen LogP contribution in [0.25, 0.3) is 11.0 Å². The van der Waals surface area contributed by atoms with Gasteiger partial charge in [-0.05, 0) is 12.1 Å². The first-order chi connectivity index (χ1) is 7.29. The zero-order chi connectivity index (χ0) is 10.7. The Balaban J connectivity index is 2.09. The zero-order valence-corrected chi connectivity index (χ0v) is 11.9. The molecule has 0 aliphatic rings. The van der Waals surface area contributed by atoms with Crippen molar-refractivity contribution in [3.05, 3.63) is 24.3 Å². The molecule has 1 aromatic heterocycles. The summed E-state index contributed by atoms with van der Waals surface area (Å²) in [4.78, 5) is 8.26. The summed E-state index contributed by atoms with van der Waals surface area (Å²) in [6.45, 7) is 0. The molecule has 0 aliphatic carbocycles. The van der Waals surface area contributed by atoms with E-state index in [-0.39, 0.29) is 0 Å². The minimum Gasteiger partial charge on any atom is -0.333 e. The Morgan fingerprint density at radius 1 is 1.40 bits per heavy atom. The summed E-state index contributed by atoms with van der Waals surface area (Å²) < 4.78 is 0. The maximum atomic E-state index is 4.49. The number of halogens is 2. The Bertz CT molecular complexity index is 411. The molecule has 15 heavy (non-hydrogen) atoms. The standard InChI is InChI=1S/C10H10Br2N2S/c11-5-7(12)6-15-10-13-8-3-1-2-4-9(8)14-10/h1-4,7H,5-6H2,(H,13,14). The molecular weight excluding hydrogens is 340 g/mol. The van der Waals surface area contributed by atoms with Crippen LogP contribution in [0.4, 0.5) is 0 Å². The van der Waals surface area contributed by atoms with Gasteiger partial charge in [-0.2, -0.15) is 0 Å². The van der Waals surface area contributed by atoms with Crippen molar-refractivity contribution in [3.8, 4) is 0 Å². The highest BCUT2D eigenvalue weighted by molar-refractivity contribution is 9.12. The number of rotatable bonds is 4. The van der Waals surface area contributed by atoms with Crippen LogP contribution in [0.15, 0.2) is 29.4 Å². The van der Waals surface area contributed by atoms with Gasteiger partial charge < -0.3 is 4.98 Å². The van der Waals surface area contributed by atoms with Crippen molar-refractivity contribution in [1.29, 1.82) is 0 Å². The quantitative estimate of drug-likeness (QED) is 0.671. The van der Waals surface area contributed by atoms with Gasteiger partial charge in [0, 0.05) is 15.9 Å². The second kappa shape index (κ2) is 5.37. The van der Waals surface area contributed by atoms with Crippen LogP contribution in [0.1, 0.15) is 0 Å². The molecule has 1 heterocycles. The number of nitrogens with zero attached hydrogens (tertiary/aromatic N) is 1. The molecule has 80 valence electrons. The minimum absolute atomic E-state index is 0.482. The van der Waals surface area contributed by atoms with E-state index in [1.807, 2.05) is 24.3 Å². The molecule has 1 unspecified atom stereocenters. The maximum Gasteiger partial charge on any atom is 0.166 e. The van der Waals surface area contributed by atoms with Gasteiger partial charge in [0.25, 0.3) is 0 Å². The summed E-state index contributed by atoms with van der Waals surface area (Å²) in [5.41, 5.74) is 2.13. The Kier molecular flexibility index (Phi) is 4.11. The SMILES string of the molecule is BrCC(Br)CSc1nc2ccccc2[nH]1. The fraction of sp³-hybridized carbons (Fsp3) is 0.300. The van der Waals surface area contributed by atoms with Crippen LogP contribution >= 0.6 is 43.6 Å². The molecule has 0 radical (unpaired) electrons. The molecule has 0 aliphatic heterocycles. The molecule has 0 saturated carbocycles. The summed E-state index contributed by atoms with van der Waals surface area (Å²) in [6.07, 6.45) is 0. The highest BCUT2D eigenvalue weighted by Gasteiger charge is 2.06. The van der Waals surface area contributed by atoms with Crippen molar-refractivity contribution < 1.29 is 0 Å². The van der Waals surface area contributed by atoms with Crippen LogP contribution in [0.3, 0.4) is 0 Å². The number of aromatic amines is 1. The van der Waals surface area contributed by atoms with E-state index in [9.17, 15) is 0 Å². The number of nitrogens with one attached hydrogen (secondary N) is 1. The van der Waals surface area contributed by atoms with Gasteiger partial charge in [0.15, 0.2) is 5.16 Å². The monoisotopic (exact) mass is 348 g/mol. The van der Waals surface area contributed by atoms with Gasteiger partial charge in [0.2, 0.25) is 0 Å². The van der Waals surface area contributed by atoms with Crippen LogP contribution < -0.4 is 0 Å². The molecule has 0 amide bonds. The van der Waals surface area contributed by atoms with Crippen LogP contribution in [-0.4, -0.2) is 25.9 Å². The predicted molar refractivity (Wildman–Crippen MR) is 73.3 cm³/mol. The summed E-state index contributed by atoms with van der Waals surface area (Å²) in [6, 6.07) is 8.08. The number of aromatic nitrogens is 2. The molecule has 2 nitrogen and oxygen atoms in total. The lowest BCUT2D eigenvalue weighted by Gasteiger charge is -2.01. The van der Waals surface area contributed by atoms with Crippen molar-refractivity contribution in [2.75, 3.05) is 11.1 Å². The van der Waals surface area contributed by atoms with Gasteiger partial charge in [0.1, 0.15) is 0 Å². The molecular formula is C10H10Br2N2S. The number of thioether (sulfide) groups is 1. The molecule has 5 heteroatoms. The number of imidazole rings is 1. The molecule has 1 atom stereocenters. The van der Waals surface area contributed by atoms with E-state index in [1.165, 1.54) is 0 Å². The Morgan fingerprint density at radius 3 is 2.93 bits per heavy atom. The summed E-state index contributed by atoms with van der Waals surface area (Å²) >= 11 is 8.74. The second-order valence-electron chi connectivity index (χ2n) is 3.12. The third-order valence-corrected chi connectivity index (χ3v) is 5.70. The van der Waals surface area contributed by atoms with Gasteiger partial charge in [-0.15, -0.1) is 0 Å². The van der Waals surface area contributed by atoms with E-state index in [2.05, 4.69) is 41.8 Å². The van der Waals surface area contributed by atoms with Gasteiger partial charge in [0.05, 0.1) is 11.0 Å². The lowest BCUT2D eigenvalue weighted by atomic mass is 10.3. The maximum absolute atomic E-state index is 4.49. The number of para-hydroxylation sites is 2. The van der Waals surface area contributed by atoms with E-state index in [0.717, 1.165) is 27.3 Å². The van der Waals surface area contributed by atoms with E-state index in [4.69, 9.17) is 0 Å². The average Bonchev–Trinajstić information content (AvgIpc) is 2.68. The smallest absolute Gasteiger partial charge is 0.166 e. The van der Waals surface area contributed by atoms with Crippen LogP contribution in [0, 0.1) is 0 Å². The average molecular weight is 350 g/mol. The fourth-order valence-corrected chi connectivity index (χ4v) is 2.94. The molecule has 1 N–H and O–H groups in total. The normalized spacial score (nSPS) is 13.2. The number of alkyl halides is 2. The van der Waals surface area contributed by atoms with E-state index in [1.54, 1.807) is 11.8 Å². The third-order valence-electron chi connectivity index (χ3n) is 1.94. The lowest BCUT2D eigenvalue weighted by Crippen LogP contribution is -2.02. The highest BCUT2D eigenvalue weighted by Crippen LogP contribution is 2.22. The topological polar surface area (TPSA) is 28.7 Å². The number of benzene rings is 1. The first-order valence-electron chi connectivity index (χ1n) is 4.57. The van der Waals surface area contributed by atoms with Crippen molar-refractivity contribution in [2.45, 2.75) is 9.98 Å². The van der Waals surface area contributed by atoms with Crippen molar-refractivity contribution in [3.63, 3.8) is 0 Å². The molecule has 0 bridgehead atoms. The first-order valence-corrected chi connectivity index (χ1v) is 7.59.